The average molecular weight is 330 g/mol. The molecule has 3 saturated heterocycles. The molecule has 1 unspecified atom stereocenters. The number of urea groups is 2. The number of likely N-dealkylation sites (tertiary alicyclic amines) is 1. The number of nitrogens with zero attached hydrogens (tertiary/aromatic N) is 4. The molecule has 0 aromatic rings. The molecule has 0 radical (unpaired) electrons. The van der Waals surface area contributed by atoms with E-state index < -0.39 is 12.0 Å². The van der Waals surface area contributed by atoms with E-state index in [9.17, 15) is 23.2 Å². The summed E-state index contributed by atoms with van der Waals surface area (Å²) in [6, 6.07) is -1.28. The van der Waals surface area contributed by atoms with Crippen LogP contribution in [0, 0.1) is 0 Å². The van der Waals surface area contributed by atoms with Gasteiger partial charge in [0.05, 0.1) is 6.54 Å². The Morgan fingerprint density at radius 2 is 1.78 bits per heavy atom. The molecule has 1 atom stereocenters. The van der Waals surface area contributed by atoms with Crippen molar-refractivity contribution >= 4 is 18.0 Å². The smallest absolute Gasteiger partial charge is 0.324 e. The van der Waals surface area contributed by atoms with Crippen molar-refractivity contribution in [2.24, 2.45) is 0 Å². The fourth-order valence-corrected chi connectivity index (χ4v) is 3.34. The number of hydrogen-bond donors (Lipinski definition) is 0. The highest BCUT2D eigenvalue weighted by Crippen LogP contribution is 2.29. The molecule has 3 rings (SSSR count). The second kappa shape index (κ2) is 5.61. The number of rotatable bonds is 1. The van der Waals surface area contributed by atoms with Gasteiger partial charge in [-0.2, -0.15) is 0 Å². The monoisotopic (exact) mass is 330 g/mol. The van der Waals surface area contributed by atoms with Gasteiger partial charge in [0, 0.05) is 45.6 Å². The Hall–Kier alpha value is -1.93. The van der Waals surface area contributed by atoms with E-state index in [4.69, 9.17) is 0 Å². The molecule has 0 aromatic carbocycles. The minimum atomic E-state index is -2.70. The molecular weight excluding hydrogens is 310 g/mol. The van der Waals surface area contributed by atoms with Gasteiger partial charge in [0.15, 0.2) is 0 Å². The van der Waals surface area contributed by atoms with Crippen LogP contribution >= 0.6 is 0 Å². The van der Waals surface area contributed by atoms with Crippen molar-refractivity contribution in [3.63, 3.8) is 0 Å². The summed E-state index contributed by atoms with van der Waals surface area (Å²) in [5.74, 6) is -2.99. The Labute approximate surface area is 132 Å². The third-order valence-electron chi connectivity index (χ3n) is 4.76. The Kier molecular flexibility index (Phi) is 3.89. The lowest BCUT2D eigenvalue weighted by Crippen LogP contribution is -2.58. The van der Waals surface area contributed by atoms with Crippen LogP contribution in [0.15, 0.2) is 0 Å². The number of alkyl halides is 2. The van der Waals surface area contributed by atoms with E-state index in [1.165, 1.54) is 19.6 Å². The summed E-state index contributed by atoms with van der Waals surface area (Å²) in [4.78, 5) is 42.3. The lowest BCUT2D eigenvalue weighted by Gasteiger charge is -2.40. The summed E-state index contributed by atoms with van der Waals surface area (Å²) in [6.45, 7) is 2.81. The second-order valence-electron chi connectivity index (χ2n) is 6.15. The van der Waals surface area contributed by atoms with Gasteiger partial charge >= 0.3 is 12.1 Å². The molecule has 9 heteroatoms. The summed E-state index contributed by atoms with van der Waals surface area (Å²) in [6.07, 6.45) is -0.660. The fourth-order valence-electron chi connectivity index (χ4n) is 3.34. The predicted molar refractivity (Wildman–Crippen MR) is 76.0 cm³/mol. The molecule has 7 nitrogen and oxygen atoms in total. The van der Waals surface area contributed by atoms with Gasteiger partial charge in [-0.05, 0) is 6.92 Å². The van der Waals surface area contributed by atoms with Crippen LogP contribution in [0.2, 0.25) is 0 Å². The molecule has 0 spiro atoms. The van der Waals surface area contributed by atoms with Gasteiger partial charge in [-0.15, -0.1) is 0 Å². The van der Waals surface area contributed by atoms with Crippen molar-refractivity contribution in [1.82, 2.24) is 19.6 Å². The van der Waals surface area contributed by atoms with E-state index in [1.807, 2.05) is 0 Å². The number of piperidine rings is 1. The maximum absolute atomic E-state index is 13.2. The number of carbonyl (C=O) groups is 3. The zero-order chi connectivity index (χ0) is 16.8. The van der Waals surface area contributed by atoms with Crippen molar-refractivity contribution < 1.29 is 23.2 Å². The molecule has 3 aliphatic rings. The van der Waals surface area contributed by atoms with Crippen molar-refractivity contribution in [3.05, 3.63) is 0 Å². The van der Waals surface area contributed by atoms with E-state index in [0.717, 1.165) is 0 Å². The van der Waals surface area contributed by atoms with E-state index in [2.05, 4.69) is 0 Å². The zero-order valence-corrected chi connectivity index (χ0v) is 13.0. The van der Waals surface area contributed by atoms with Crippen molar-refractivity contribution in [1.29, 1.82) is 0 Å². The Balaban J connectivity index is 1.64. The van der Waals surface area contributed by atoms with Gasteiger partial charge in [0.1, 0.15) is 6.04 Å². The number of amides is 5. The highest BCUT2D eigenvalue weighted by atomic mass is 19.3. The molecule has 5 amide bonds. The molecule has 0 aliphatic carbocycles. The summed E-state index contributed by atoms with van der Waals surface area (Å²) in [5.41, 5.74) is 0. The van der Waals surface area contributed by atoms with Crippen molar-refractivity contribution in [2.75, 3.05) is 39.3 Å². The summed E-state index contributed by atoms with van der Waals surface area (Å²) >= 11 is 0. The Bertz CT molecular complexity index is 532. The number of fused-ring (bicyclic) bond motifs is 1. The van der Waals surface area contributed by atoms with Crippen LogP contribution in [0.3, 0.4) is 0 Å². The first-order chi connectivity index (χ1) is 10.8. The number of piperazine rings is 1. The summed E-state index contributed by atoms with van der Waals surface area (Å²) in [5, 5.41) is 0. The zero-order valence-electron chi connectivity index (χ0n) is 13.0. The molecule has 0 saturated carbocycles. The van der Waals surface area contributed by atoms with Crippen LogP contribution in [0.25, 0.3) is 0 Å². The maximum Gasteiger partial charge on any atom is 0.327 e. The highest BCUT2D eigenvalue weighted by Gasteiger charge is 2.48. The third kappa shape index (κ3) is 2.72. The van der Waals surface area contributed by atoms with Crippen molar-refractivity contribution in [3.8, 4) is 0 Å². The number of carbonyl (C=O) groups excluding carboxylic acids is 3. The average Bonchev–Trinajstić information content (AvgIpc) is 2.77. The highest BCUT2D eigenvalue weighted by molar-refractivity contribution is 6.04. The van der Waals surface area contributed by atoms with E-state index in [-0.39, 0.29) is 50.4 Å². The van der Waals surface area contributed by atoms with Crippen LogP contribution in [0.4, 0.5) is 18.4 Å². The molecule has 0 bridgehead atoms. The normalized spacial score (nSPS) is 27.5. The second-order valence-corrected chi connectivity index (χ2v) is 6.15. The van der Waals surface area contributed by atoms with Gasteiger partial charge in [0.25, 0.3) is 11.8 Å². The van der Waals surface area contributed by atoms with Gasteiger partial charge in [-0.3, -0.25) is 9.69 Å². The summed E-state index contributed by atoms with van der Waals surface area (Å²) in [7, 11) is 0. The largest absolute Gasteiger partial charge is 0.327 e. The van der Waals surface area contributed by atoms with Crippen LogP contribution in [-0.4, -0.2) is 88.8 Å². The van der Waals surface area contributed by atoms with Gasteiger partial charge in [-0.1, -0.05) is 0 Å². The molecule has 23 heavy (non-hydrogen) atoms. The molecular formula is C14H20F2N4O3. The van der Waals surface area contributed by atoms with Crippen LogP contribution in [0.5, 0.6) is 0 Å². The van der Waals surface area contributed by atoms with E-state index in [0.29, 0.717) is 19.6 Å². The number of halogens is 2. The van der Waals surface area contributed by atoms with Crippen LogP contribution < -0.4 is 0 Å². The molecule has 0 aromatic heterocycles. The quantitative estimate of drug-likeness (QED) is 0.668. The Morgan fingerprint density at radius 3 is 2.39 bits per heavy atom. The SMILES string of the molecule is CCN1C(=O)C2CN(C(=O)N3CCC(F)(F)CC3)CCN2C1=O. The van der Waals surface area contributed by atoms with Crippen molar-refractivity contribution in [2.45, 2.75) is 31.7 Å². The Morgan fingerprint density at radius 1 is 1.13 bits per heavy atom. The first-order valence-corrected chi connectivity index (χ1v) is 7.88. The van der Waals surface area contributed by atoms with Crippen LogP contribution in [-0.2, 0) is 4.79 Å². The lowest BCUT2D eigenvalue weighted by molar-refractivity contribution is -0.129. The van der Waals surface area contributed by atoms with Gasteiger partial charge < -0.3 is 14.7 Å². The maximum atomic E-state index is 13.2. The third-order valence-corrected chi connectivity index (χ3v) is 4.76. The van der Waals surface area contributed by atoms with E-state index >= 15 is 0 Å². The molecule has 3 heterocycles. The molecule has 128 valence electrons. The predicted octanol–water partition coefficient (Wildman–Crippen LogP) is 0.806. The first-order valence-electron chi connectivity index (χ1n) is 7.88. The minimum absolute atomic E-state index is 0.0185. The molecule has 0 N–H and O–H groups in total. The van der Waals surface area contributed by atoms with Gasteiger partial charge in [0.2, 0.25) is 0 Å². The molecule has 3 aliphatic heterocycles. The van der Waals surface area contributed by atoms with Crippen LogP contribution in [0.1, 0.15) is 19.8 Å². The fraction of sp³-hybridized carbons (Fsp3) is 0.786. The van der Waals surface area contributed by atoms with Gasteiger partial charge in [-0.25, -0.2) is 18.4 Å². The van der Waals surface area contributed by atoms with E-state index in [1.54, 1.807) is 6.92 Å². The number of hydrogen-bond acceptors (Lipinski definition) is 3. The topological polar surface area (TPSA) is 64.2 Å². The minimum Gasteiger partial charge on any atom is -0.324 e. The molecule has 3 fully saturated rings. The lowest BCUT2D eigenvalue weighted by atomic mass is 10.1. The first kappa shape index (κ1) is 15.9. The standard InChI is InChI=1S/C14H20F2N4O3/c1-2-19-11(21)10-9-18(7-8-20(10)13(19)23)12(22)17-5-3-14(15,16)4-6-17/h10H,2-9H2,1H3. The number of likely N-dealkylation sites (N-methyl/N-ethyl adjacent to an activating group) is 1. The number of imide groups is 1. The summed E-state index contributed by atoms with van der Waals surface area (Å²) < 4.78 is 26.4.